The van der Waals surface area contributed by atoms with E-state index in [1.807, 2.05) is 5.32 Å². The Balaban J connectivity index is 3.05. The average molecular weight is 690 g/mol. The summed E-state index contributed by atoms with van der Waals surface area (Å²) < 4.78 is 0. The molecule has 0 unspecified atom stereocenters. The lowest BCUT2D eigenvalue weighted by Crippen LogP contribution is -2.60. The molecule has 0 aliphatic carbocycles. The molecule has 0 bridgehead atoms. The lowest BCUT2D eigenvalue weighted by molar-refractivity contribution is -0.141. The predicted octanol–water partition coefficient (Wildman–Crippen LogP) is -3.49. The first-order chi connectivity index (χ1) is 21.5. The number of imidazole rings is 1. The number of carbonyl (C=O) groups is 8. The van der Waals surface area contributed by atoms with E-state index < -0.39 is 96.1 Å². The van der Waals surface area contributed by atoms with E-state index in [0.717, 1.165) is 0 Å². The molecular formula is C25H39N9O10S2. The van der Waals surface area contributed by atoms with E-state index in [9.17, 15) is 43.5 Å². The summed E-state index contributed by atoms with van der Waals surface area (Å²) in [6.07, 6.45) is 0.264. The SMILES string of the molecule is CC(C)[C@H](NC(=O)[C@H](C)NC(=O)[C@H](Cc1cnc[nH]1)NC(=O)[C@H](CS)NC(=O)O)C(=O)N[C@@H](CC(=O)O)C(=O)N[C@@H](CS)C(N)=O. The van der Waals surface area contributed by atoms with Crippen molar-refractivity contribution in [1.29, 1.82) is 0 Å². The second-order valence-electron chi connectivity index (χ2n) is 10.3. The van der Waals surface area contributed by atoms with Crippen LogP contribution in [0.1, 0.15) is 32.9 Å². The molecule has 11 N–H and O–H groups in total. The number of H-pyrrole nitrogens is 1. The molecule has 0 aliphatic rings. The van der Waals surface area contributed by atoms with Crippen LogP contribution in [0.2, 0.25) is 0 Å². The zero-order chi connectivity index (χ0) is 35.1. The minimum Gasteiger partial charge on any atom is -0.481 e. The average Bonchev–Trinajstić information content (AvgIpc) is 3.48. The molecule has 256 valence electrons. The molecular weight excluding hydrogens is 650 g/mol. The summed E-state index contributed by atoms with van der Waals surface area (Å²) in [5, 5.41) is 31.9. The van der Waals surface area contributed by atoms with E-state index in [1.165, 1.54) is 19.4 Å². The molecule has 7 amide bonds. The first-order valence-electron chi connectivity index (χ1n) is 13.7. The van der Waals surface area contributed by atoms with Gasteiger partial charge in [-0.05, 0) is 12.8 Å². The Morgan fingerprint density at radius 1 is 0.761 bits per heavy atom. The van der Waals surface area contributed by atoms with Crippen LogP contribution in [0.4, 0.5) is 4.79 Å². The third-order valence-electron chi connectivity index (χ3n) is 6.26. The van der Waals surface area contributed by atoms with Gasteiger partial charge in [0.15, 0.2) is 0 Å². The van der Waals surface area contributed by atoms with Crippen LogP contribution in [0.3, 0.4) is 0 Å². The lowest BCUT2D eigenvalue weighted by Gasteiger charge is -2.27. The zero-order valence-electron chi connectivity index (χ0n) is 25.1. The van der Waals surface area contributed by atoms with Crippen molar-refractivity contribution < 1.29 is 48.6 Å². The quantitative estimate of drug-likeness (QED) is 0.0633. The zero-order valence-corrected chi connectivity index (χ0v) is 26.9. The molecule has 46 heavy (non-hydrogen) atoms. The molecule has 19 nitrogen and oxygen atoms in total. The smallest absolute Gasteiger partial charge is 0.405 e. The van der Waals surface area contributed by atoms with Gasteiger partial charge in [0.25, 0.3) is 0 Å². The molecule has 0 spiro atoms. The van der Waals surface area contributed by atoms with Crippen LogP contribution >= 0.6 is 25.3 Å². The highest BCUT2D eigenvalue weighted by atomic mass is 32.1. The number of aromatic nitrogens is 2. The van der Waals surface area contributed by atoms with Gasteiger partial charge in [0.1, 0.15) is 36.3 Å². The van der Waals surface area contributed by atoms with Crippen LogP contribution in [0.15, 0.2) is 12.5 Å². The minimum absolute atomic E-state index is 0.119. The van der Waals surface area contributed by atoms with E-state index in [1.54, 1.807) is 13.8 Å². The normalized spacial score (nSPS) is 14.7. The van der Waals surface area contributed by atoms with Crippen molar-refractivity contribution in [2.24, 2.45) is 11.7 Å². The maximum absolute atomic E-state index is 13.2. The van der Waals surface area contributed by atoms with E-state index in [-0.39, 0.29) is 17.9 Å². The summed E-state index contributed by atoms with van der Waals surface area (Å²) in [5.41, 5.74) is 5.61. The van der Waals surface area contributed by atoms with Crippen LogP contribution in [0.5, 0.6) is 0 Å². The number of rotatable bonds is 19. The van der Waals surface area contributed by atoms with Crippen molar-refractivity contribution in [1.82, 2.24) is 41.9 Å². The van der Waals surface area contributed by atoms with Gasteiger partial charge in [0, 0.05) is 29.8 Å². The van der Waals surface area contributed by atoms with E-state index in [0.29, 0.717) is 5.69 Å². The molecule has 1 rings (SSSR count). The second kappa shape index (κ2) is 19.1. The van der Waals surface area contributed by atoms with Crippen LogP contribution in [0, 0.1) is 5.92 Å². The molecule has 1 heterocycles. The number of thiol groups is 2. The van der Waals surface area contributed by atoms with Gasteiger partial charge in [-0.15, -0.1) is 0 Å². The molecule has 0 fully saturated rings. The van der Waals surface area contributed by atoms with Gasteiger partial charge in [-0.1, -0.05) is 13.8 Å². The van der Waals surface area contributed by atoms with Gasteiger partial charge < -0.3 is 52.8 Å². The molecule has 0 saturated heterocycles. The number of aromatic amines is 1. The topological polar surface area (TPSA) is 304 Å². The number of carboxylic acid groups (broad SMARTS) is 2. The molecule has 0 aliphatic heterocycles. The van der Waals surface area contributed by atoms with Crippen molar-refractivity contribution in [2.75, 3.05) is 11.5 Å². The predicted molar refractivity (Wildman–Crippen MR) is 167 cm³/mol. The molecule has 0 saturated carbocycles. The third kappa shape index (κ3) is 13.2. The minimum atomic E-state index is -1.65. The fraction of sp³-hybridized carbons (Fsp3) is 0.560. The summed E-state index contributed by atoms with van der Waals surface area (Å²) in [4.78, 5) is 105. The van der Waals surface area contributed by atoms with Crippen molar-refractivity contribution in [3.05, 3.63) is 18.2 Å². The number of amides is 7. The number of nitrogens with zero attached hydrogens (tertiary/aromatic N) is 1. The molecule has 0 aromatic carbocycles. The standard InChI is InChI=1S/C25H39N9O10S2/c1-10(2)18(24(42)31-14(5-17(35)36)22(40)32-15(7-45)19(26)37)34-20(38)11(3)29-21(39)13(4-12-6-27-9-28-12)30-23(41)16(8-46)33-25(43)44/h6,9-11,13-16,18,33,45-46H,4-5,7-8H2,1-3H3,(H2,26,37)(H,27,28)(H,29,39)(H,30,41)(H,31,42)(H,32,40)(H,34,38)(H,35,36)(H,43,44)/t11-,13-,14-,15-,16-,18-/m0/s1. The number of carbonyl (C=O) groups excluding carboxylic acids is 6. The fourth-order valence-corrected chi connectivity index (χ4v) is 4.29. The largest absolute Gasteiger partial charge is 0.481 e. The highest BCUT2D eigenvalue weighted by molar-refractivity contribution is 7.80. The maximum Gasteiger partial charge on any atom is 0.405 e. The van der Waals surface area contributed by atoms with Gasteiger partial charge in [-0.25, -0.2) is 9.78 Å². The maximum atomic E-state index is 13.2. The number of nitrogens with two attached hydrogens (primary N) is 1. The van der Waals surface area contributed by atoms with Crippen LogP contribution in [-0.4, -0.2) is 115 Å². The van der Waals surface area contributed by atoms with Gasteiger partial charge >= 0.3 is 12.1 Å². The Morgan fingerprint density at radius 2 is 1.30 bits per heavy atom. The fourth-order valence-electron chi connectivity index (χ4n) is 3.76. The monoisotopic (exact) mass is 689 g/mol. The summed E-state index contributed by atoms with van der Waals surface area (Å²) in [6.45, 7) is 4.41. The number of hydrogen-bond acceptors (Lipinski definition) is 11. The highest BCUT2D eigenvalue weighted by Crippen LogP contribution is 2.06. The molecule has 6 atom stereocenters. The molecule has 0 radical (unpaired) electrons. The van der Waals surface area contributed by atoms with Gasteiger partial charge in [-0.3, -0.25) is 33.6 Å². The molecule has 1 aromatic rings. The number of primary amides is 1. The number of hydrogen-bond donors (Lipinski definition) is 12. The van der Waals surface area contributed by atoms with Gasteiger partial charge in [-0.2, -0.15) is 25.3 Å². The van der Waals surface area contributed by atoms with Gasteiger partial charge in [0.2, 0.25) is 35.4 Å². The van der Waals surface area contributed by atoms with Crippen molar-refractivity contribution in [3.8, 4) is 0 Å². The van der Waals surface area contributed by atoms with Crippen molar-refractivity contribution >= 4 is 72.8 Å². The Kier molecular flexibility index (Phi) is 16.4. The lowest BCUT2D eigenvalue weighted by atomic mass is 10.0. The molecule has 21 heteroatoms. The Bertz CT molecular complexity index is 1260. The van der Waals surface area contributed by atoms with Crippen molar-refractivity contribution in [2.45, 2.75) is 69.9 Å². The number of carboxylic acids is 1. The van der Waals surface area contributed by atoms with Crippen LogP contribution < -0.4 is 37.6 Å². The number of nitrogens with one attached hydrogen (secondary N) is 7. The second-order valence-corrected chi connectivity index (χ2v) is 11.0. The van der Waals surface area contributed by atoms with Crippen LogP contribution in [-0.2, 0) is 40.0 Å². The van der Waals surface area contributed by atoms with Crippen LogP contribution in [0.25, 0.3) is 0 Å². The first kappa shape index (κ1) is 39.5. The Morgan fingerprint density at radius 3 is 1.78 bits per heavy atom. The summed E-state index contributed by atoms with van der Waals surface area (Å²) in [5.74, 6) is -7.88. The van der Waals surface area contributed by atoms with E-state index in [4.69, 9.17) is 10.8 Å². The van der Waals surface area contributed by atoms with E-state index >= 15 is 0 Å². The first-order valence-corrected chi connectivity index (χ1v) is 15.0. The van der Waals surface area contributed by atoms with E-state index in [2.05, 4.69) is 61.8 Å². The van der Waals surface area contributed by atoms with Crippen molar-refractivity contribution in [3.63, 3.8) is 0 Å². The third-order valence-corrected chi connectivity index (χ3v) is 6.99. The highest BCUT2D eigenvalue weighted by Gasteiger charge is 2.33. The number of aliphatic carboxylic acids is 1. The Labute approximate surface area is 274 Å². The summed E-state index contributed by atoms with van der Waals surface area (Å²) in [7, 11) is 0. The molecule has 1 aromatic heterocycles. The van der Waals surface area contributed by atoms with Gasteiger partial charge in [0.05, 0.1) is 12.7 Å². The Hall–Kier alpha value is -4.53. The summed E-state index contributed by atoms with van der Waals surface area (Å²) in [6, 6.07) is -8.09. The summed E-state index contributed by atoms with van der Waals surface area (Å²) >= 11 is 7.86.